The zero-order valence-corrected chi connectivity index (χ0v) is 21.5. The van der Waals surface area contributed by atoms with Crippen molar-refractivity contribution in [3.8, 4) is 16.3 Å². The molecule has 1 N–H and O–H groups in total. The molecule has 2 aromatic carbocycles. The topological polar surface area (TPSA) is 46.1 Å². The van der Waals surface area contributed by atoms with Gasteiger partial charge in [0.15, 0.2) is 0 Å². The Labute approximate surface area is 218 Å². The van der Waals surface area contributed by atoms with Crippen LogP contribution in [0.2, 0.25) is 0 Å². The molecule has 0 amide bonds. The molecule has 6 heterocycles. The van der Waals surface area contributed by atoms with Crippen molar-refractivity contribution in [3.05, 3.63) is 102 Å². The lowest BCUT2D eigenvalue weighted by atomic mass is 10.0. The SMILES string of the molecule is C=c1ccc(=c2c(=O)n3c4ccccc4c4c(-c5ccc(CC)s5)c(O)n5c6ccccc6c2c5c43)s1. The first-order chi connectivity index (χ1) is 18.1. The normalized spacial score (nSPS) is 13.3. The van der Waals surface area contributed by atoms with Gasteiger partial charge in [-0.25, -0.2) is 0 Å². The number of hydrogen-bond acceptors (Lipinski definition) is 4. The third-order valence-corrected chi connectivity index (χ3v) is 9.70. The highest BCUT2D eigenvalue weighted by atomic mass is 32.1. The maximum atomic E-state index is 14.5. The van der Waals surface area contributed by atoms with E-state index in [-0.39, 0.29) is 11.4 Å². The van der Waals surface area contributed by atoms with Gasteiger partial charge in [0, 0.05) is 40.4 Å². The van der Waals surface area contributed by atoms with E-state index in [4.69, 9.17) is 0 Å². The molecule has 0 aliphatic heterocycles. The molecular formula is C31H20N2O2S2. The average Bonchev–Trinajstić information content (AvgIpc) is 3.69. The smallest absolute Gasteiger partial charge is 0.265 e. The Hall–Kier alpha value is -4.13. The zero-order chi connectivity index (χ0) is 25.0. The fraction of sp³-hybridized carbons (Fsp3) is 0.0645. The van der Waals surface area contributed by atoms with Crippen molar-refractivity contribution in [2.24, 2.45) is 0 Å². The number of hydrogen-bond donors (Lipinski definition) is 1. The highest BCUT2D eigenvalue weighted by Gasteiger charge is 2.28. The average molecular weight is 517 g/mol. The van der Waals surface area contributed by atoms with Crippen LogP contribution in [0.25, 0.3) is 60.6 Å². The molecule has 4 nitrogen and oxygen atoms in total. The Bertz CT molecular complexity index is 2410. The molecule has 0 aliphatic carbocycles. The van der Waals surface area contributed by atoms with Crippen LogP contribution in [0.5, 0.6) is 5.88 Å². The van der Waals surface area contributed by atoms with E-state index in [2.05, 4.69) is 31.7 Å². The summed E-state index contributed by atoms with van der Waals surface area (Å²) in [5.41, 5.74) is 4.19. The number of aryl methyl sites for hydroxylation is 1. The molecule has 0 fully saturated rings. The summed E-state index contributed by atoms with van der Waals surface area (Å²) in [6.07, 6.45) is 0.932. The molecule has 0 bridgehead atoms. The van der Waals surface area contributed by atoms with Gasteiger partial charge in [0.25, 0.3) is 5.56 Å². The van der Waals surface area contributed by atoms with Gasteiger partial charge >= 0.3 is 0 Å². The van der Waals surface area contributed by atoms with Crippen molar-refractivity contribution < 1.29 is 5.11 Å². The first-order valence-electron chi connectivity index (χ1n) is 12.2. The van der Waals surface area contributed by atoms with Crippen LogP contribution in [-0.2, 0) is 6.42 Å². The van der Waals surface area contributed by atoms with Crippen LogP contribution >= 0.6 is 22.7 Å². The molecule has 0 saturated carbocycles. The van der Waals surface area contributed by atoms with E-state index in [1.807, 2.05) is 63.4 Å². The number of aromatic nitrogens is 2. The van der Waals surface area contributed by atoms with Gasteiger partial charge in [-0.3, -0.25) is 13.6 Å². The molecule has 0 saturated heterocycles. The van der Waals surface area contributed by atoms with Crippen molar-refractivity contribution in [2.45, 2.75) is 13.3 Å². The second kappa shape index (κ2) is 7.22. The van der Waals surface area contributed by atoms with E-state index in [0.717, 1.165) is 69.5 Å². The van der Waals surface area contributed by atoms with Crippen LogP contribution in [-0.4, -0.2) is 13.9 Å². The summed E-state index contributed by atoms with van der Waals surface area (Å²) >= 11 is 3.22. The van der Waals surface area contributed by atoms with E-state index < -0.39 is 0 Å². The summed E-state index contributed by atoms with van der Waals surface area (Å²) in [6, 6.07) is 24.2. The predicted molar refractivity (Wildman–Crippen MR) is 155 cm³/mol. The number of thiophene rings is 2. The van der Waals surface area contributed by atoms with E-state index >= 15 is 0 Å². The van der Waals surface area contributed by atoms with Crippen molar-refractivity contribution >= 4 is 72.9 Å². The number of pyridine rings is 2. The first-order valence-corrected chi connectivity index (χ1v) is 13.9. The Morgan fingerprint density at radius 2 is 1.49 bits per heavy atom. The van der Waals surface area contributed by atoms with E-state index in [1.165, 1.54) is 16.2 Å². The fourth-order valence-corrected chi connectivity index (χ4v) is 7.82. The number of benzene rings is 2. The molecule has 8 aromatic rings. The second-order valence-electron chi connectivity index (χ2n) is 9.42. The third kappa shape index (κ3) is 2.54. The number of nitrogens with zero attached hydrogens (tertiary/aromatic N) is 2. The minimum absolute atomic E-state index is 0.0455. The van der Waals surface area contributed by atoms with Crippen molar-refractivity contribution in [1.29, 1.82) is 0 Å². The van der Waals surface area contributed by atoms with E-state index in [1.54, 1.807) is 11.3 Å². The summed E-state index contributed by atoms with van der Waals surface area (Å²) in [5, 5.41) is 16.5. The van der Waals surface area contributed by atoms with Crippen molar-refractivity contribution in [3.63, 3.8) is 0 Å². The lowest BCUT2D eigenvalue weighted by molar-refractivity contribution is 0.452. The Kier molecular flexibility index (Phi) is 4.10. The number of fused-ring (bicyclic) bond motifs is 6. The lowest BCUT2D eigenvalue weighted by Gasteiger charge is -2.12. The van der Waals surface area contributed by atoms with Gasteiger partial charge in [0.05, 0.1) is 32.8 Å². The van der Waals surface area contributed by atoms with E-state index in [9.17, 15) is 9.90 Å². The first kappa shape index (κ1) is 21.0. The summed E-state index contributed by atoms with van der Waals surface area (Å²) < 4.78 is 5.61. The largest absolute Gasteiger partial charge is 0.494 e. The quantitative estimate of drug-likeness (QED) is 0.271. The summed E-state index contributed by atoms with van der Waals surface area (Å²) in [5.74, 6) is 0.204. The summed E-state index contributed by atoms with van der Waals surface area (Å²) in [4.78, 5) is 16.8. The molecular weight excluding hydrogens is 496 g/mol. The van der Waals surface area contributed by atoms with Gasteiger partial charge in [0.1, 0.15) is 0 Å². The molecule has 6 heteroatoms. The van der Waals surface area contributed by atoms with Crippen molar-refractivity contribution in [2.75, 3.05) is 0 Å². The van der Waals surface area contributed by atoms with Gasteiger partial charge in [-0.1, -0.05) is 49.9 Å². The zero-order valence-electron chi connectivity index (χ0n) is 19.9. The molecule has 0 unspecified atom stereocenters. The van der Waals surface area contributed by atoms with Crippen LogP contribution in [0.1, 0.15) is 11.8 Å². The minimum Gasteiger partial charge on any atom is -0.494 e. The van der Waals surface area contributed by atoms with Crippen molar-refractivity contribution in [1.82, 2.24) is 8.80 Å². The van der Waals surface area contributed by atoms with Crippen LogP contribution in [0.4, 0.5) is 0 Å². The Morgan fingerprint density at radius 3 is 2.16 bits per heavy atom. The molecule has 6 aromatic heterocycles. The monoisotopic (exact) mass is 516 g/mol. The minimum atomic E-state index is -0.0455. The number of rotatable bonds is 2. The third-order valence-electron chi connectivity index (χ3n) is 7.49. The van der Waals surface area contributed by atoms with Crippen LogP contribution in [0.3, 0.4) is 0 Å². The Morgan fingerprint density at radius 1 is 0.811 bits per heavy atom. The van der Waals surface area contributed by atoms with Gasteiger partial charge < -0.3 is 5.11 Å². The van der Waals surface area contributed by atoms with Crippen LogP contribution < -0.4 is 10.1 Å². The summed E-state index contributed by atoms with van der Waals surface area (Å²) in [6.45, 7) is 6.24. The number of para-hydroxylation sites is 2. The predicted octanol–water partition coefficient (Wildman–Crippen LogP) is 6.92. The standard InChI is InChI=1S/C31H20N2O2S2/c1-3-17-13-15-23(37-17)27-25-19-9-5-7-11-21(19)32-29(25)28-24(26(30(32)34)22-14-12-16(2)36-22)18-8-4-6-10-20(18)33(28)31(27)35/h4-15,35H,2-3H2,1H3. The van der Waals surface area contributed by atoms with Gasteiger partial charge in [-0.05, 0) is 42.8 Å². The highest BCUT2D eigenvalue weighted by Crippen LogP contribution is 2.48. The van der Waals surface area contributed by atoms with Gasteiger partial charge in [-0.2, -0.15) is 0 Å². The lowest BCUT2D eigenvalue weighted by Crippen LogP contribution is -2.15. The molecule has 0 spiro atoms. The number of aromatic hydroxyl groups is 1. The fourth-order valence-electron chi connectivity index (χ4n) is 5.98. The molecule has 178 valence electrons. The summed E-state index contributed by atoms with van der Waals surface area (Å²) in [7, 11) is 0. The molecule has 0 aliphatic rings. The molecule has 0 radical (unpaired) electrons. The molecule has 37 heavy (non-hydrogen) atoms. The van der Waals surface area contributed by atoms with Gasteiger partial charge in [0.2, 0.25) is 5.88 Å². The van der Waals surface area contributed by atoms with Gasteiger partial charge in [-0.15, -0.1) is 22.7 Å². The highest BCUT2D eigenvalue weighted by molar-refractivity contribution is 7.15. The maximum absolute atomic E-state index is 14.5. The maximum Gasteiger partial charge on any atom is 0.265 e. The van der Waals surface area contributed by atoms with E-state index in [0.29, 0.717) is 5.22 Å². The van der Waals surface area contributed by atoms with Crippen LogP contribution in [0, 0.1) is 9.75 Å². The molecule has 8 rings (SSSR count). The Balaban J connectivity index is 1.83. The second-order valence-corrected chi connectivity index (χ2v) is 11.8. The van der Waals surface area contributed by atoms with Crippen LogP contribution in [0.15, 0.2) is 77.6 Å². The molecule has 0 atom stereocenters.